The molecule has 21 heavy (non-hydrogen) atoms. The van der Waals surface area contributed by atoms with Gasteiger partial charge in [-0.05, 0) is 48.1 Å². The largest absolute Gasteiger partial charge is 0.489 e. The maximum absolute atomic E-state index is 6.19. The van der Waals surface area contributed by atoms with Gasteiger partial charge in [0.25, 0.3) is 0 Å². The van der Waals surface area contributed by atoms with Gasteiger partial charge < -0.3 is 10.1 Å². The number of rotatable bonds is 3. The van der Waals surface area contributed by atoms with Crippen LogP contribution in [0.3, 0.4) is 0 Å². The molecule has 0 amide bonds. The van der Waals surface area contributed by atoms with Crippen molar-refractivity contribution in [2.24, 2.45) is 0 Å². The molecule has 2 aromatic rings. The lowest BCUT2D eigenvalue weighted by Gasteiger charge is -2.18. The molecule has 2 heteroatoms. The van der Waals surface area contributed by atoms with E-state index in [1.165, 1.54) is 16.8 Å². The van der Waals surface area contributed by atoms with Gasteiger partial charge in [-0.2, -0.15) is 0 Å². The van der Waals surface area contributed by atoms with Gasteiger partial charge in [-0.25, -0.2) is 0 Å². The van der Waals surface area contributed by atoms with Gasteiger partial charge in [0.2, 0.25) is 0 Å². The summed E-state index contributed by atoms with van der Waals surface area (Å²) in [5, 5.41) is 3.51. The summed E-state index contributed by atoms with van der Waals surface area (Å²) in [6.45, 7) is 5.29. The zero-order chi connectivity index (χ0) is 14.7. The van der Waals surface area contributed by atoms with Crippen LogP contribution in [0, 0.1) is 0 Å². The summed E-state index contributed by atoms with van der Waals surface area (Å²) in [5.74, 6) is 1.52. The maximum Gasteiger partial charge on any atom is 0.120 e. The van der Waals surface area contributed by atoms with E-state index in [1.54, 1.807) is 0 Å². The molecule has 0 aromatic heterocycles. The van der Waals surface area contributed by atoms with Crippen LogP contribution >= 0.6 is 0 Å². The number of para-hydroxylation sites is 1. The topological polar surface area (TPSA) is 21.3 Å². The van der Waals surface area contributed by atoms with Crippen molar-refractivity contribution < 1.29 is 4.74 Å². The number of fused-ring (bicyclic) bond motifs is 1. The van der Waals surface area contributed by atoms with Crippen molar-refractivity contribution >= 4 is 5.69 Å². The van der Waals surface area contributed by atoms with Gasteiger partial charge in [0.05, 0.1) is 6.54 Å². The van der Waals surface area contributed by atoms with Crippen LogP contribution in [0.15, 0.2) is 48.5 Å². The number of anilines is 1. The number of nitrogens with one attached hydrogen (secondary N) is 1. The van der Waals surface area contributed by atoms with Gasteiger partial charge in [0.1, 0.15) is 11.9 Å². The number of ether oxygens (including phenoxy) is 1. The van der Waals surface area contributed by atoms with Gasteiger partial charge in [0.15, 0.2) is 0 Å². The molecule has 0 saturated heterocycles. The average Bonchev–Trinajstić information content (AvgIpc) is 2.70. The fourth-order valence-electron chi connectivity index (χ4n) is 2.79. The number of hydrogen-bond donors (Lipinski definition) is 1. The first kappa shape index (κ1) is 14.0. The minimum Gasteiger partial charge on any atom is -0.489 e. The summed E-state index contributed by atoms with van der Waals surface area (Å²) in [4.78, 5) is 0. The third-order valence-corrected chi connectivity index (χ3v) is 4.10. The molecule has 1 atom stereocenters. The van der Waals surface area contributed by atoms with Crippen molar-refractivity contribution in [2.75, 3.05) is 11.9 Å². The van der Waals surface area contributed by atoms with Crippen LogP contribution in [0.2, 0.25) is 0 Å². The summed E-state index contributed by atoms with van der Waals surface area (Å²) < 4.78 is 6.19. The molecule has 2 nitrogen and oxygen atoms in total. The highest BCUT2D eigenvalue weighted by Crippen LogP contribution is 2.25. The van der Waals surface area contributed by atoms with Gasteiger partial charge in [-0.15, -0.1) is 0 Å². The highest BCUT2D eigenvalue weighted by atomic mass is 16.5. The lowest BCUT2D eigenvalue weighted by atomic mass is 10.0. The lowest BCUT2D eigenvalue weighted by molar-refractivity contribution is 0.206. The molecule has 1 N–H and O–H groups in total. The third kappa shape index (κ3) is 3.38. The van der Waals surface area contributed by atoms with Gasteiger partial charge >= 0.3 is 0 Å². The molecular formula is C19H23NO. The highest BCUT2D eigenvalue weighted by molar-refractivity contribution is 5.52. The Balaban J connectivity index is 1.68. The Labute approximate surface area is 127 Å². The minimum atomic E-state index is 0.222. The highest BCUT2D eigenvalue weighted by Gasteiger charge is 2.16. The molecular weight excluding hydrogens is 258 g/mol. The smallest absolute Gasteiger partial charge is 0.120 e. The van der Waals surface area contributed by atoms with Crippen LogP contribution in [0.1, 0.15) is 37.3 Å². The van der Waals surface area contributed by atoms with E-state index >= 15 is 0 Å². The summed E-state index contributed by atoms with van der Waals surface area (Å²) in [5.41, 5.74) is 3.97. The summed E-state index contributed by atoms with van der Waals surface area (Å²) >= 11 is 0. The molecule has 1 aliphatic rings. The Hall–Kier alpha value is -1.96. The van der Waals surface area contributed by atoms with E-state index in [1.807, 2.05) is 0 Å². The Kier molecular flexibility index (Phi) is 4.14. The lowest BCUT2D eigenvalue weighted by Crippen LogP contribution is -2.24. The average molecular weight is 281 g/mol. The number of aryl methyl sites for hydroxylation is 1. The van der Waals surface area contributed by atoms with Crippen LogP contribution in [0.4, 0.5) is 5.69 Å². The Morgan fingerprint density at radius 3 is 2.81 bits per heavy atom. The second kappa shape index (κ2) is 6.21. The van der Waals surface area contributed by atoms with Gasteiger partial charge in [-0.1, -0.05) is 44.2 Å². The maximum atomic E-state index is 6.19. The molecule has 1 heterocycles. The molecule has 0 radical (unpaired) electrons. The van der Waals surface area contributed by atoms with E-state index in [0.29, 0.717) is 5.92 Å². The van der Waals surface area contributed by atoms with Crippen LogP contribution in [0.25, 0.3) is 0 Å². The zero-order valence-electron chi connectivity index (χ0n) is 12.8. The van der Waals surface area contributed by atoms with Crippen molar-refractivity contribution in [1.82, 2.24) is 0 Å². The fourth-order valence-corrected chi connectivity index (χ4v) is 2.79. The zero-order valence-corrected chi connectivity index (χ0v) is 12.8. The first-order valence-electron chi connectivity index (χ1n) is 7.81. The van der Waals surface area contributed by atoms with E-state index in [2.05, 4.69) is 67.7 Å². The summed E-state index contributed by atoms with van der Waals surface area (Å²) in [6, 6.07) is 17.0. The van der Waals surface area contributed by atoms with Crippen LogP contribution in [0.5, 0.6) is 5.75 Å². The second-order valence-electron chi connectivity index (χ2n) is 6.04. The third-order valence-electron chi connectivity index (χ3n) is 4.10. The number of benzene rings is 2. The van der Waals surface area contributed by atoms with E-state index in [0.717, 1.165) is 25.1 Å². The monoisotopic (exact) mass is 281 g/mol. The Bertz CT molecular complexity index is 579. The molecule has 3 rings (SSSR count). The van der Waals surface area contributed by atoms with E-state index < -0.39 is 0 Å². The fraction of sp³-hybridized carbons (Fsp3) is 0.368. The van der Waals surface area contributed by atoms with Crippen molar-refractivity contribution in [2.45, 2.75) is 38.7 Å². The van der Waals surface area contributed by atoms with Gasteiger partial charge in [0, 0.05) is 5.69 Å². The molecule has 0 saturated carbocycles. The van der Waals surface area contributed by atoms with E-state index in [9.17, 15) is 0 Å². The standard InChI is InChI=1S/C19H23NO/c1-14(2)16-7-5-8-17(12-16)21-18-11-10-15-6-3-4-9-19(15)20-13-18/h3-9,12,14,18,20H,10-11,13H2,1-2H3. The quantitative estimate of drug-likeness (QED) is 0.886. The molecule has 0 spiro atoms. The normalized spacial score (nSPS) is 17.8. The van der Waals surface area contributed by atoms with Crippen molar-refractivity contribution in [3.05, 3.63) is 59.7 Å². The Morgan fingerprint density at radius 1 is 1.10 bits per heavy atom. The number of hydrogen-bond acceptors (Lipinski definition) is 2. The van der Waals surface area contributed by atoms with E-state index in [4.69, 9.17) is 4.74 Å². The van der Waals surface area contributed by atoms with Crippen molar-refractivity contribution in [3.8, 4) is 5.75 Å². The van der Waals surface area contributed by atoms with Gasteiger partial charge in [-0.3, -0.25) is 0 Å². The first-order chi connectivity index (χ1) is 10.2. The SMILES string of the molecule is CC(C)c1cccc(OC2CCc3ccccc3NC2)c1. The molecule has 110 valence electrons. The second-order valence-corrected chi connectivity index (χ2v) is 6.04. The first-order valence-corrected chi connectivity index (χ1v) is 7.81. The molecule has 0 fully saturated rings. The summed E-state index contributed by atoms with van der Waals surface area (Å²) in [6.07, 6.45) is 2.34. The molecule has 0 aliphatic carbocycles. The molecule has 1 unspecified atom stereocenters. The Morgan fingerprint density at radius 2 is 1.95 bits per heavy atom. The van der Waals surface area contributed by atoms with Crippen LogP contribution in [-0.2, 0) is 6.42 Å². The van der Waals surface area contributed by atoms with Crippen LogP contribution in [-0.4, -0.2) is 12.6 Å². The van der Waals surface area contributed by atoms with E-state index in [-0.39, 0.29) is 6.10 Å². The minimum absolute atomic E-state index is 0.222. The molecule has 0 bridgehead atoms. The summed E-state index contributed by atoms with van der Waals surface area (Å²) in [7, 11) is 0. The predicted molar refractivity (Wildman–Crippen MR) is 88.2 cm³/mol. The van der Waals surface area contributed by atoms with Crippen LogP contribution < -0.4 is 10.1 Å². The predicted octanol–water partition coefficient (Wildman–Crippen LogP) is 4.62. The van der Waals surface area contributed by atoms with Crippen molar-refractivity contribution in [3.63, 3.8) is 0 Å². The molecule has 1 aliphatic heterocycles. The van der Waals surface area contributed by atoms with Crippen molar-refractivity contribution in [1.29, 1.82) is 0 Å². The molecule has 2 aromatic carbocycles.